The largest absolute Gasteiger partial charge is 0.365 e. The fourth-order valence-electron chi connectivity index (χ4n) is 1.64. The van der Waals surface area contributed by atoms with Crippen molar-refractivity contribution in [2.75, 3.05) is 5.32 Å². The molecule has 0 saturated heterocycles. The van der Waals surface area contributed by atoms with E-state index >= 15 is 0 Å². The molecule has 0 atom stereocenters. The van der Waals surface area contributed by atoms with Crippen LogP contribution in [0.5, 0.6) is 0 Å². The summed E-state index contributed by atoms with van der Waals surface area (Å²) in [6.45, 7) is 0.626. The lowest BCUT2D eigenvalue weighted by molar-refractivity contribution is 0.819. The number of nitrogens with one attached hydrogen (secondary N) is 1. The minimum atomic E-state index is 0.603. The molecule has 1 N–H and O–H groups in total. The molecule has 6 nitrogen and oxygen atoms in total. The molecular formula is C11H9ClN6. The van der Waals surface area contributed by atoms with Gasteiger partial charge in [-0.25, -0.2) is 0 Å². The quantitative estimate of drug-likeness (QED) is 0.778. The zero-order valence-corrected chi connectivity index (χ0v) is 10.0. The Bertz CT molecular complexity index is 680. The van der Waals surface area contributed by atoms with Crippen LogP contribution in [0.25, 0.3) is 5.65 Å². The van der Waals surface area contributed by atoms with E-state index in [9.17, 15) is 0 Å². The molecule has 3 aromatic rings. The predicted octanol–water partition coefficient (Wildman–Crippen LogP) is 1.78. The van der Waals surface area contributed by atoms with E-state index < -0.39 is 0 Å². The zero-order chi connectivity index (χ0) is 12.4. The van der Waals surface area contributed by atoms with Gasteiger partial charge in [-0.2, -0.15) is 4.52 Å². The molecule has 0 spiro atoms. The van der Waals surface area contributed by atoms with E-state index in [2.05, 4.69) is 25.8 Å². The molecule has 0 aliphatic rings. The van der Waals surface area contributed by atoms with E-state index in [1.54, 1.807) is 16.9 Å². The Morgan fingerprint density at radius 3 is 3.11 bits per heavy atom. The van der Waals surface area contributed by atoms with Crippen molar-refractivity contribution >= 4 is 23.1 Å². The SMILES string of the molecule is Clc1cccc(CNc2cncc3nnnn23)c1. The third kappa shape index (κ3) is 2.10. The van der Waals surface area contributed by atoms with Crippen LogP contribution in [-0.4, -0.2) is 25.0 Å². The number of rotatable bonds is 3. The number of benzene rings is 1. The summed E-state index contributed by atoms with van der Waals surface area (Å²) in [4.78, 5) is 4.06. The fourth-order valence-corrected chi connectivity index (χ4v) is 1.85. The minimum Gasteiger partial charge on any atom is -0.365 e. The van der Waals surface area contributed by atoms with Gasteiger partial charge in [0.1, 0.15) is 0 Å². The smallest absolute Gasteiger partial charge is 0.199 e. The first-order chi connectivity index (χ1) is 8.83. The number of aromatic nitrogens is 5. The van der Waals surface area contributed by atoms with Crippen LogP contribution in [0.3, 0.4) is 0 Å². The summed E-state index contributed by atoms with van der Waals surface area (Å²) in [5.41, 5.74) is 1.68. The Morgan fingerprint density at radius 2 is 2.22 bits per heavy atom. The van der Waals surface area contributed by atoms with Crippen LogP contribution < -0.4 is 5.32 Å². The maximum atomic E-state index is 5.93. The van der Waals surface area contributed by atoms with E-state index in [4.69, 9.17) is 11.6 Å². The van der Waals surface area contributed by atoms with E-state index in [-0.39, 0.29) is 0 Å². The topological polar surface area (TPSA) is 68.0 Å². The number of fused-ring (bicyclic) bond motifs is 1. The Balaban J connectivity index is 1.83. The zero-order valence-electron chi connectivity index (χ0n) is 9.29. The van der Waals surface area contributed by atoms with E-state index in [1.165, 1.54) is 0 Å². The summed E-state index contributed by atoms with van der Waals surface area (Å²) in [5, 5.41) is 15.2. The Morgan fingerprint density at radius 1 is 1.28 bits per heavy atom. The van der Waals surface area contributed by atoms with Gasteiger partial charge in [0.05, 0.1) is 12.4 Å². The summed E-state index contributed by atoms with van der Waals surface area (Å²) in [6, 6.07) is 7.65. The third-order valence-electron chi connectivity index (χ3n) is 2.47. The molecule has 2 aromatic heterocycles. The van der Waals surface area contributed by atoms with Gasteiger partial charge in [-0.1, -0.05) is 23.7 Å². The Hall–Kier alpha value is -2.21. The molecule has 0 saturated carbocycles. The predicted molar refractivity (Wildman–Crippen MR) is 67.4 cm³/mol. The maximum absolute atomic E-state index is 5.93. The van der Waals surface area contributed by atoms with Gasteiger partial charge in [-0.05, 0) is 28.1 Å². The summed E-state index contributed by atoms with van der Waals surface area (Å²) < 4.78 is 1.59. The maximum Gasteiger partial charge on any atom is 0.199 e. The minimum absolute atomic E-state index is 0.603. The molecule has 0 bridgehead atoms. The molecule has 18 heavy (non-hydrogen) atoms. The first kappa shape index (κ1) is 10.9. The average molecular weight is 261 g/mol. The van der Waals surface area contributed by atoms with Crippen molar-refractivity contribution in [3.8, 4) is 0 Å². The first-order valence-electron chi connectivity index (χ1n) is 5.33. The third-order valence-corrected chi connectivity index (χ3v) is 2.71. The average Bonchev–Trinajstić information content (AvgIpc) is 2.85. The van der Waals surface area contributed by atoms with Crippen molar-refractivity contribution in [1.29, 1.82) is 0 Å². The number of hydrogen-bond acceptors (Lipinski definition) is 5. The van der Waals surface area contributed by atoms with Crippen LogP contribution in [0.2, 0.25) is 5.02 Å². The summed E-state index contributed by atoms with van der Waals surface area (Å²) in [5.74, 6) is 0.734. The molecule has 2 heterocycles. The van der Waals surface area contributed by atoms with Gasteiger partial charge >= 0.3 is 0 Å². The van der Waals surface area contributed by atoms with Crippen molar-refractivity contribution in [3.63, 3.8) is 0 Å². The van der Waals surface area contributed by atoms with Gasteiger partial charge in [0, 0.05) is 11.6 Å². The second-order valence-electron chi connectivity index (χ2n) is 3.72. The van der Waals surface area contributed by atoms with Gasteiger partial charge in [0.15, 0.2) is 11.5 Å². The molecule has 90 valence electrons. The molecule has 0 fully saturated rings. The normalized spacial score (nSPS) is 10.7. The van der Waals surface area contributed by atoms with E-state index in [0.29, 0.717) is 17.2 Å². The van der Waals surface area contributed by atoms with Crippen molar-refractivity contribution < 1.29 is 0 Å². The van der Waals surface area contributed by atoms with Crippen molar-refractivity contribution in [2.24, 2.45) is 0 Å². The lowest BCUT2D eigenvalue weighted by Crippen LogP contribution is -2.05. The fraction of sp³-hybridized carbons (Fsp3) is 0.0909. The van der Waals surface area contributed by atoms with Crippen LogP contribution in [0, 0.1) is 0 Å². The van der Waals surface area contributed by atoms with Gasteiger partial charge in [0.2, 0.25) is 0 Å². The van der Waals surface area contributed by atoms with Crippen LogP contribution >= 0.6 is 11.6 Å². The summed E-state index contributed by atoms with van der Waals surface area (Å²) in [6.07, 6.45) is 3.28. The van der Waals surface area contributed by atoms with E-state index in [0.717, 1.165) is 11.4 Å². The van der Waals surface area contributed by atoms with Crippen LogP contribution in [-0.2, 0) is 6.54 Å². The highest BCUT2D eigenvalue weighted by molar-refractivity contribution is 6.30. The van der Waals surface area contributed by atoms with Crippen molar-refractivity contribution in [1.82, 2.24) is 25.0 Å². The highest BCUT2D eigenvalue weighted by Gasteiger charge is 2.03. The summed E-state index contributed by atoms with van der Waals surface area (Å²) >= 11 is 5.93. The number of hydrogen-bond donors (Lipinski definition) is 1. The van der Waals surface area contributed by atoms with Gasteiger partial charge < -0.3 is 5.32 Å². The van der Waals surface area contributed by atoms with E-state index in [1.807, 2.05) is 24.3 Å². The van der Waals surface area contributed by atoms with Crippen molar-refractivity contribution in [2.45, 2.75) is 6.54 Å². The molecule has 1 aromatic carbocycles. The van der Waals surface area contributed by atoms with Crippen molar-refractivity contribution in [3.05, 3.63) is 47.2 Å². The van der Waals surface area contributed by atoms with Crippen LogP contribution in [0.1, 0.15) is 5.56 Å². The lowest BCUT2D eigenvalue weighted by Gasteiger charge is -2.06. The van der Waals surface area contributed by atoms with Gasteiger partial charge in [-0.3, -0.25) is 4.98 Å². The molecule has 0 unspecified atom stereocenters. The summed E-state index contributed by atoms with van der Waals surface area (Å²) in [7, 11) is 0. The van der Waals surface area contributed by atoms with Gasteiger partial charge in [0.25, 0.3) is 0 Å². The number of halogens is 1. The monoisotopic (exact) mass is 260 g/mol. The molecule has 3 rings (SSSR count). The molecule has 0 aliphatic carbocycles. The second kappa shape index (κ2) is 4.58. The molecule has 0 amide bonds. The van der Waals surface area contributed by atoms with Gasteiger partial charge in [-0.15, -0.1) is 5.10 Å². The molecule has 7 heteroatoms. The molecule has 0 radical (unpaired) electrons. The van der Waals surface area contributed by atoms with Crippen LogP contribution in [0.4, 0.5) is 5.82 Å². The highest BCUT2D eigenvalue weighted by Crippen LogP contribution is 2.13. The Kier molecular flexibility index (Phi) is 2.77. The molecular weight excluding hydrogens is 252 g/mol. The first-order valence-corrected chi connectivity index (χ1v) is 5.71. The Labute approximate surface area is 108 Å². The molecule has 0 aliphatic heterocycles. The standard InChI is InChI=1S/C11H9ClN6/c12-9-3-1-2-8(4-9)5-14-10-6-13-7-11-15-16-17-18(10)11/h1-4,6-7,14H,5H2. The van der Waals surface area contributed by atoms with Crippen LogP contribution in [0.15, 0.2) is 36.7 Å². The number of anilines is 1. The number of nitrogens with zero attached hydrogens (tertiary/aromatic N) is 5. The lowest BCUT2D eigenvalue weighted by atomic mass is 10.2. The number of tetrazole rings is 1. The highest BCUT2D eigenvalue weighted by atomic mass is 35.5. The second-order valence-corrected chi connectivity index (χ2v) is 4.16.